The standard InChI is InChI=1S/C17H20FN3OS.ClH/c1-10(19)9-15(22)20-13-3-2-4-14-16(13)23-17(21-14)11-5-7-12(18)8-6-11;/h5-8,10,13H,2-4,9,19H2,1H3,(H,20,22);1H. The minimum Gasteiger partial charge on any atom is -0.348 e. The number of fused-ring (bicyclic) bond motifs is 1. The molecule has 0 bridgehead atoms. The van der Waals surface area contributed by atoms with E-state index in [0.29, 0.717) is 6.42 Å². The van der Waals surface area contributed by atoms with Crippen molar-refractivity contribution in [3.8, 4) is 10.6 Å². The smallest absolute Gasteiger partial charge is 0.222 e. The maximum Gasteiger partial charge on any atom is 0.222 e. The van der Waals surface area contributed by atoms with Gasteiger partial charge >= 0.3 is 0 Å². The van der Waals surface area contributed by atoms with Gasteiger partial charge in [0.05, 0.1) is 16.6 Å². The number of benzene rings is 1. The molecule has 0 spiro atoms. The first-order valence-electron chi connectivity index (χ1n) is 7.83. The van der Waals surface area contributed by atoms with Crippen LogP contribution in [0.4, 0.5) is 4.39 Å². The second-order valence-electron chi connectivity index (χ2n) is 6.03. The van der Waals surface area contributed by atoms with Crippen LogP contribution >= 0.6 is 23.7 Å². The fourth-order valence-corrected chi connectivity index (χ4v) is 4.02. The van der Waals surface area contributed by atoms with Gasteiger partial charge in [-0.25, -0.2) is 9.37 Å². The predicted molar refractivity (Wildman–Crippen MR) is 96.8 cm³/mol. The molecule has 1 aromatic heterocycles. The molecule has 4 nitrogen and oxygen atoms in total. The van der Waals surface area contributed by atoms with Crippen molar-refractivity contribution in [2.45, 2.75) is 44.7 Å². The fraction of sp³-hybridized carbons (Fsp3) is 0.412. The Hall–Kier alpha value is -1.50. The third kappa shape index (κ3) is 4.32. The Labute approximate surface area is 151 Å². The predicted octanol–water partition coefficient (Wildman–Crippen LogP) is 3.60. The van der Waals surface area contributed by atoms with E-state index < -0.39 is 0 Å². The number of aryl methyl sites for hydroxylation is 1. The molecular weight excluding hydrogens is 349 g/mol. The molecule has 1 heterocycles. The van der Waals surface area contributed by atoms with Gasteiger partial charge in [0.1, 0.15) is 10.8 Å². The van der Waals surface area contributed by atoms with Crippen molar-refractivity contribution < 1.29 is 9.18 Å². The number of halogens is 2. The third-order valence-corrected chi connectivity index (χ3v) is 5.14. The summed E-state index contributed by atoms with van der Waals surface area (Å²) in [7, 11) is 0. The van der Waals surface area contributed by atoms with E-state index in [0.717, 1.165) is 40.4 Å². The maximum atomic E-state index is 13.1. The van der Waals surface area contributed by atoms with E-state index in [9.17, 15) is 9.18 Å². The highest BCUT2D eigenvalue weighted by Gasteiger charge is 2.26. The molecule has 1 amide bonds. The lowest BCUT2D eigenvalue weighted by molar-refractivity contribution is -0.122. The van der Waals surface area contributed by atoms with Crippen molar-refractivity contribution in [1.82, 2.24) is 10.3 Å². The van der Waals surface area contributed by atoms with E-state index in [1.54, 1.807) is 23.5 Å². The summed E-state index contributed by atoms with van der Waals surface area (Å²) >= 11 is 1.58. The van der Waals surface area contributed by atoms with Gasteiger partial charge in [-0.1, -0.05) is 0 Å². The Balaban J connectivity index is 0.00000208. The molecule has 24 heavy (non-hydrogen) atoms. The lowest BCUT2D eigenvalue weighted by atomic mass is 9.98. The number of carbonyl (C=O) groups is 1. The molecule has 130 valence electrons. The highest BCUT2D eigenvalue weighted by atomic mass is 35.5. The molecule has 2 aromatic rings. The topological polar surface area (TPSA) is 68.0 Å². The van der Waals surface area contributed by atoms with Crippen LogP contribution in [0.25, 0.3) is 10.6 Å². The normalized spacial score (nSPS) is 17.5. The first-order chi connectivity index (χ1) is 11.0. The van der Waals surface area contributed by atoms with Gasteiger partial charge in [-0.05, 0) is 50.5 Å². The van der Waals surface area contributed by atoms with Crippen molar-refractivity contribution in [2.24, 2.45) is 5.73 Å². The monoisotopic (exact) mass is 369 g/mol. The summed E-state index contributed by atoms with van der Waals surface area (Å²) in [5.41, 5.74) is 7.64. The molecule has 1 aliphatic rings. The first kappa shape index (κ1) is 18.8. The van der Waals surface area contributed by atoms with Gasteiger partial charge in [-0.3, -0.25) is 4.79 Å². The van der Waals surface area contributed by atoms with Crippen molar-refractivity contribution >= 4 is 29.7 Å². The third-order valence-electron chi connectivity index (χ3n) is 3.88. The molecule has 7 heteroatoms. The highest BCUT2D eigenvalue weighted by Crippen LogP contribution is 2.38. The van der Waals surface area contributed by atoms with E-state index in [1.807, 2.05) is 6.92 Å². The van der Waals surface area contributed by atoms with Crippen LogP contribution in [0.3, 0.4) is 0 Å². The minimum absolute atomic E-state index is 0. The molecule has 2 unspecified atom stereocenters. The number of rotatable bonds is 4. The Morgan fingerprint density at radius 1 is 1.46 bits per heavy atom. The van der Waals surface area contributed by atoms with Crippen LogP contribution in [0.15, 0.2) is 24.3 Å². The van der Waals surface area contributed by atoms with Crippen molar-refractivity contribution in [2.75, 3.05) is 0 Å². The highest BCUT2D eigenvalue weighted by molar-refractivity contribution is 7.15. The van der Waals surface area contributed by atoms with Gasteiger partial charge < -0.3 is 11.1 Å². The molecule has 0 saturated carbocycles. The average molecular weight is 370 g/mol. The van der Waals surface area contributed by atoms with Gasteiger partial charge in [-0.2, -0.15) is 0 Å². The van der Waals surface area contributed by atoms with Gasteiger partial charge in [0.2, 0.25) is 5.91 Å². The summed E-state index contributed by atoms with van der Waals surface area (Å²) in [6.07, 6.45) is 3.17. The zero-order valence-electron chi connectivity index (χ0n) is 13.4. The summed E-state index contributed by atoms with van der Waals surface area (Å²) in [5.74, 6) is -0.273. The number of thiazole rings is 1. The minimum atomic E-state index is -0.254. The summed E-state index contributed by atoms with van der Waals surface area (Å²) in [6, 6.07) is 6.23. The number of carbonyl (C=O) groups excluding carboxylic acids is 1. The number of nitrogens with zero attached hydrogens (tertiary/aromatic N) is 1. The van der Waals surface area contributed by atoms with Crippen molar-refractivity contribution in [3.05, 3.63) is 40.7 Å². The zero-order chi connectivity index (χ0) is 16.4. The van der Waals surface area contributed by atoms with Crippen LogP contribution in [0.5, 0.6) is 0 Å². The van der Waals surface area contributed by atoms with Crippen molar-refractivity contribution in [1.29, 1.82) is 0 Å². The first-order valence-corrected chi connectivity index (χ1v) is 8.65. The Morgan fingerprint density at radius 3 is 2.83 bits per heavy atom. The number of hydrogen-bond acceptors (Lipinski definition) is 4. The summed E-state index contributed by atoms with van der Waals surface area (Å²) in [6.45, 7) is 1.82. The Bertz CT molecular complexity index is 702. The van der Waals surface area contributed by atoms with Crippen LogP contribution in [0.1, 0.15) is 42.8 Å². The molecule has 3 N–H and O–H groups in total. The van der Waals surface area contributed by atoms with Gasteiger partial charge in [-0.15, -0.1) is 23.7 Å². The van der Waals surface area contributed by atoms with E-state index >= 15 is 0 Å². The second-order valence-corrected chi connectivity index (χ2v) is 7.06. The molecule has 0 saturated heterocycles. The molecule has 0 aliphatic heterocycles. The van der Waals surface area contributed by atoms with E-state index in [-0.39, 0.29) is 36.2 Å². The van der Waals surface area contributed by atoms with Gasteiger partial charge in [0.15, 0.2) is 0 Å². The number of amides is 1. The van der Waals surface area contributed by atoms with Gasteiger partial charge in [0, 0.05) is 18.0 Å². The molecular formula is C17H21ClFN3OS. The Kier molecular flexibility index (Phi) is 6.32. The summed E-state index contributed by atoms with van der Waals surface area (Å²) in [5, 5.41) is 3.95. The van der Waals surface area contributed by atoms with Crippen LogP contribution in [-0.4, -0.2) is 16.9 Å². The molecule has 0 radical (unpaired) electrons. The van der Waals surface area contributed by atoms with Crippen molar-refractivity contribution in [3.63, 3.8) is 0 Å². The largest absolute Gasteiger partial charge is 0.348 e. The fourth-order valence-electron chi connectivity index (χ4n) is 2.82. The van der Waals surface area contributed by atoms with E-state index in [4.69, 9.17) is 5.73 Å². The van der Waals surface area contributed by atoms with Gasteiger partial charge in [0.25, 0.3) is 0 Å². The lowest BCUT2D eigenvalue weighted by Crippen LogP contribution is -2.33. The zero-order valence-corrected chi connectivity index (χ0v) is 15.1. The number of aromatic nitrogens is 1. The van der Waals surface area contributed by atoms with Crippen LogP contribution in [-0.2, 0) is 11.2 Å². The van der Waals surface area contributed by atoms with Crippen LogP contribution in [0.2, 0.25) is 0 Å². The SMILES string of the molecule is CC(N)CC(=O)NC1CCCc2nc(-c3ccc(F)cc3)sc21.Cl. The number of nitrogens with one attached hydrogen (secondary N) is 1. The van der Waals surface area contributed by atoms with Crippen LogP contribution in [0, 0.1) is 5.82 Å². The maximum absolute atomic E-state index is 13.1. The molecule has 0 fully saturated rings. The molecule has 2 atom stereocenters. The second kappa shape index (κ2) is 8.05. The quantitative estimate of drug-likeness (QED) is 0.865. The number of nitrogens with two attached hydrogens (primary N) is 1. The average Bonchev–Trinajstić information content (AvgIpc) is 2.92. The summed E-state index contributed by atoms with van der Waals surface area (Å²) in [4.78, 5) is 17.8. The molecule has 1 aromatic carbocycles. The molecule has 1 aliphatic carbocycles. The number of hydrogen-bond donors (Lipinski definition) is 2. The summed E-state index contributed by atoms with van der Waals surface area (Å²) < 4.78 is 13.1. The van der Waals surface area contributed by atoms with E-state index in [2.05, 4.69) is 10.3 Å². The lowest BCUT2D eigenvalue weighted by Gasteiger charge is -2.22. The molecule has 3 rings (SSSR count). The van der Waals surface area contributed by atoms with E-state index in [1.165, 1.54) is 12.1 Å². The Morgan fingerprint density at radius 2 is 2.17 bits per heavy atom. The van der Waals surface area contributed by atoms with Crippen LogP contribution < -0.4 is 11.1 Å².